The lowest BCUT2D eigenvalue weighted by atomic mass is 10.0. The number of carbonyl (C=O) groups is 2. The van der Waals surface area contributed by atoms with Gasteiger partial charge in [-0.05, 0) is 70.2 Å². The normalized spacial score (nSPS) is 16.7. The highest BCUT2D eigenvalue weighted by Crippen LogP contribution is 2.32. The van der Waals surface area contributed by atoms with Crippen LogP contribution < -0.4 is 10.4 Å². The van der Waals surface area contributed by atoms with Crippen LogP contribution in [0.4, 0.5) is 4.79 Å². The van der Waals surface area contributed by atoms with Gasteiger partial charge in [0.15, 0.2) is 0 Å². The molecular formula is C23H29NO6. The summed E-state index contributed by atoms with van der Waals surface area (Å²) in [6, 6.07) is 4.25. The molecule has 1 fully saturated rings. The number of benzene rings is 1. The molecule has 0 aliphatic carbocycles. The maximum absolute atomic E-state index is 13.0. The Morgan fingerprint density at radius 3 is 2.63 bits per heavy atom. The number of hydrogen-bond acceptors (Lipinski definition) is 6. The van der Waals surface area contributed by atoms with E-state index in [9.17, 15) is 14.4 Å². The average Bonchev–Trinajstić information content (AvgIpc) is 3.09. The highest BCUT2D eigenvalue weighted by Gasteiger charge is 2.38. The summed E-state index contributed by atoms with van der Waals surface area (Å²) in [5.41, 5.74) is 0.900. The minimum atomic E-state index is -0.708. The molecule has 1 aliphatic rings. The van der Waals surface area contributed by atoms with E-state index in [4.69, 9.17) is 13.9 Å². The Morgan fingerprint density at radius 2 is 1.97 bits per heavy atom. The van der Waals surface area contributed by atoms with E-state index in [2.05, 4.69) is 0 Å². The molecule has 30 heavy (non-hydrogen) atoms. The SMILES string of the molecule is CCCc1cc(=O)oc2cc(C)cc(OC(=O)[C@H]3CCCN3C(=O)OC(C)(C)C)c12. The van der Waals surface area contributed by atoms with E-state index < -0.39 is 29.3 Å². The molecule has 3 rings (SSSR count). The number of carbonyl (C=O) groups excluding carboxylic acids is 2. The fourth-order valence-electron chi connectivity index (χ4n) is 3.74. The quantitative estimate of drug-likeness (QED) is 0.419. The Kier molecular flexibility index (Phi) is 6.19. The predicted molar refractivity (Wildman–Crippen MR) is 113 cm³/mol. The molecule has 1 aliphatic heterocycles. The molecule has 7 nitrogen and oxygen atoms in total. The summed E-state index contributed by atoms with van der Waals surface area (Å²) in [4.78, 5) is 38.9. The van der Waals surface area contributed by atoms with Gasteiger partial charge in [0, 0.05) is 12.6 Å². The maximum Gasteiger partial charge on any atom is 0.411 e. The molecule has 162 valence electrons. The van der Waals surface area contributed by atoms with Crippen LogP contribution in [0.2, 0.25) is 0 Å². The first kappa shape index (κ1) is 21.9. The number of esters is 1. The van der Waals surface area contributed by atoms with Gasteiger partial charge in [-0.25, -0.2) is 14.4 Å². The smallest absolute Gasteiger partial charge is 0.411 e. The van der Waals surface area contributed by atoms with E-state index in [-0.39, 0.29) is 0 Å². The largest absolute Gasteiger partial charge is 0.444 e. The van der Waals surface area contributed by atoms with Crippen molar-refractivity contribution in [3.05, 3.63) is 39.7 Å². The number of likely N-dealkylation sites (tertiary alicyclic amines) is 1. The minimum absolute atomic E-state index is 0.346. The highest BCUT2D eigenvalue weighted by molar-refractivity contribution is 5.91. The second-order valence-electron chi connectivity index (χ2n) is 8.73. The van der Waals surface area contributed by atoms with E-state index >= 15 is 0 Å². The molecule has 1 aromatic carbocycles. The Morgan fingerprint density at radius 1 is 1.23 bits per heavy atom. The molecule has 2 aromatic rings. The monoisotopic (exact) mass is 415 g/mol. The molecular weight excluding hydrogens is 386 g/mol. The summed E-state index contributed by atoms with van der Waals surface area (Å²) in [6.07, 6.45) is 2.18. The molecule has 7 heteroatoms. The number of ether oxygens (including phenoxy) is 2. The Balaban J connectivity index is 1.92. The summed E-state index contributed by atoms with van der Waals surface area (Å²) in [7, 11) is 0. The van der Waals surface area contributed by atoms with E-state index in [1.807, 2.05) is 13.8 Å². The van der Waals surface area contributed by atoms with Gasteiger partial charge < -0.3 is 13.9 Å². The van der Waals surface area contributed by atoms with Crippen LogP contribution in [0.3, 0.4) is 0 Å². The molecule has 1 saturated heterocycles. The standard InChI is InChI=1S/C23H29NO6/c1-6-8-15-13-19(25)28-17-11-14(2)12-18(20(15)17)29-21(26)16-9-7-10-24(16)22(27)30-23(3,4)5/h11-13,16H,6-10H2,1-5H3/t16-/m1/s1. The zero-order valence-corrected chi connectivity index (χ0v) is 18.2. The molecule has 2 heterocycles. The van der Waals surface area contributed by atoms with Gasteiger partial charge in [0.25, 0.3) is 0 Å². The van der Waals surface area contributed by atoms with Gasteiger partial charge >= 0.3 is 17.7 Å². The van der Waals surface area contributed by atoms with Gasteiger partial charge in [0.05, 0.1) is 5.39 Å². The maximum atomic E-state index is 13.0. The van der Waals surface area contributed by atoms with Crippen LogP contribution in [-0.4, -0.2) is 35.2 Å². The number of rotatable bonds is 4. The Bertz CT molecular complexity index is 1020. The van der Waals surface area contributed by atoms with Crippen LogP contribution in [0.1, 0.15) is 58.1 Å². The second kappa shape index (κ2) is 8.50. The number of amides is 1. The van der Waals surface area contributed by atoms with Gasteiger partial charge in [0.2, 0.25) is 0 Å². The summed E-state index contributed by atoms with van der Waals surface area (Å²) in [6.45, 7) is 9.66. The van der Waals surface area contributed by atoms with Gasteiger partial charge in [-0.2, -0.15) is 0 Å². The molecule has 1 amide bonds. The number of hydrogen-bond donors (Lipinski definition) is 0. The zero-order chi connectivity index (χ0) is 22.1. The molecule has 1 atom stereocenters. The van der Waals surface area contributed by atoms with Crippen LogP contribution in [0.15, 0.2) is 27.4 Å². The molecule has 0 N–H and O–H groups in total. The van der Waals surface area contributed by atoms with Crippen molar-refractivity contribution in [3.8, 4) is 5.75 Å². The summed E-state index contributed by atoms with van der Waals surface area (Å²) >= 11 is 0. The highest BCUT2D eigenvalue weighted by atomic mass is 16.6. The molecule has 0 saturated carbocycles. The third-order valence-electron chi connectivity index (χ3n) is 4.92. The van der Waals surface area contributed by atoms with Crippen molar-refractivity contribution < 1.29 is 23.5 Å². The first-order valence-corrected chi connectivity index (χ1v) is 10.4. The van der Waals surface area contributed by atoms with Crippen molar-refractivity contribution in [3.63, 3.8) is 0 Å². The zero-order valence-electron chi connectivity index (χ0n) is 18.2. The Hall–Kier alpha value is -2.83. The third-order valence-corrected chi connectivity index (χ3v) is 4.92. The van der Waals surface area contributed by atoms with Crippen molar-refractivity contribution in [2.75, 3.05) is 6.54 Å². The first-order valence-electron chi connectivity index (χ1n) is 10.4. The van der Waals surface area contributed by atoms with Gasteiger partial charge in [-0.15, -0.1) is 0 Å². The Labute approximate surface area is 175 Å². The fourth-order valence-corrected chi connectivity index (χ4v) is 3.74. The fraction of sp³-hybridized carbons (Fsp3) is 0.522. The van der Waals surface area contributed by atoms with Gasteiger partial charge in [-0.1, -0.05) is 13.3 Å². The van der Waals surface area contributed by atoms with Crippen LogP contribution in [0, 0.1) is 6.92 Å². The van der Waals surface area contributed by atoms with Crippen LogP contribution >= 0.6 is 0 Å². The lowest BCUT2D eigenvalue weighted by Gasteiger charge is -2.27. The third kappa shape index (κ3) is 4.83. The molecule has 1 aromatic heterocycles. The predicted octanol–water partition coefficient (Wildman–Crippen LogP) is 4.36. The number of fused-ring (bicyclic) bond motifs is 1. The van der Waals surface area contributed by atoms with Crippen LogP contribution in [0.5, 0.6) is 5.75 Å². The number of nitrogens with zero attached hydrogens (tertiary/aromatic N) is 1. The lowest BCUT2D eigenvalue weighted by Crippen LogP contribution is -2.44. The molecule has 0 spiro atoms. The van der Waals surface area contributed by atoms with Crippen molar-refractivity contribution in [2.45, 2.75) is 71.9 Å². The first-order chi connectivity index (χ1) is 14.1. The molecule has 0 unspecified atom stereocenters. The van der Waals surface area contributed by atoms with E-state index in [1.54, 1.807) is 32.9 Å². The van der Waals surface area contributed by atoms with Crippen molar-refractivity contribution in [1.82, 2.24) is 4.90 Å². The molecule has 0 radical (unpaired) electrons. The second-order valence-corrected chi connectivity index (χ2v) is 8.73. The van der Waals surface area contributed by atoms with E-state index in [0.717, 1.165) is 17.5 Å². The van der Waals surface area contributed by atoms with Crippen molar-refractivity contribution in [1.29, 1.82) is 0 Å². The van der Waals surface area contributed by atoms with Gasteiger partial charge in [0.1, 0.15) is 23.0 Å². The van der Waals surface area contributed by atoms with Crippen LogP contribution in [-0.2, 0) is 16.0 Å². The van der Waals surface area contributed by atoms with E-state index in [0.29, 0.717) is 42.5 Å². The topological polar surface area (TPSA) is 86.0 Å². The van der Waals surface area contributed by atoms with Gasteiger partial charge in [-0.3, -0.25) is 4.90 Å². The minimum Gasteiger partial charge on any atom is -0.444 e. The summed E-state index contributed by atoms with van der Waals surface area (Å²) in [5, 5.41) is 0.622. The van der Waals surface area contributed by atoms with Crippen molar-refractivity contribution >= 4 is 23.0 Å². The van der Waals surface area contributed by atoms with Crippen molar-refractivity contribution in [2.24, 2.45) is 0 Å². The number of aryl methyl sites for hydroxylation is 2. The molecule has 0 bridgehead atoms. The summed E-state index contributed by atoms with van der Waals surface area (Å²) in [5.74, 6) is -0.169. The van der Waals surface area contributed by atoms with Crippen LogP contribution in [0.25, 0.3) is 11.0 Å². The average molecular weight is 415 g/mol. The summed E-state index contributed by atoms with van der Waals surface area (Å²) < 4.78 is 16.6. The lowest BCUT2D eigenvalue weighted by molar-refractivity contribution is -0.139. The van der Waals surface area contributed by atoms with E-state index in [1.165, 1.54) is 11.0 Å².